The molecule has 0 spiro atoms. The second-order valence-electron chi connectivity index (χ2n) is 6.09. The monoisotopic (exact) mass is 370 g/mol. The molecule has 0 aliphatic rings. The number of amides is 1. The number of fused-ring (bicyclic) bond motifs is 1. The van der Waals surface area contributed by atoms with Crippen molar-refractivity contribution in [2.45, 2.75) is 0 Å². The molecule has 0 bridgehead atoms. The van der Waals surface area contributed by atoms with Gasteiger partial charge in [0.05, 0.1) is 24.0 Å². The van der Waals surface area contributed by atoms with Gasteiger partial charge in [-0.05, 0) is 36.4 Å². The molecule has 6 heteroatoms. The topological polar surface area (TPSA) is 76.1 Å². The molecular weight excluding hydrogens is 352 g/mol. The third-order valence-electron chi connectivity index (χ3n) is 4.26. The Hall–Kier alpha value is -3.93. The molecule has 138 valence electrons. The molecule has 0 aliphatic heterocycles. The number of hydrogen-bond donors (Lipinski definition) is 2. The van der Waals surface area contributed by atoms with Crippen molar-refractivity contribution in [1.29, 1.82) is 0 Å². The van der Waals surface area contributed by atoms with Gasteiger partial charge in [-0.3, -0.25) is 14.8 Å². The molecule has 0 saturated heterocycles. The lowest BCUT2D eigenvalue weighted by molar-refractivity contribution is 0.102. The predicted octanol–water partition coefficient (Wildman–Crippen LogP) is 4.63. The number of rotatable bonds is 5. The van der Waals surface area contributed by atoms with Crippen LogP contribution < -0.4 is 15.4 Å². The summed E-state index contributed by atoms with van der Waals surface area (Å²) in [6.45, 7) is 0. The molecular formula is C22H18N4O2. The van der Waals surface area contributed by atoms with Crippen LogP contribution in [0.25, 0.3) is 10.9 Å². The predicted molar refractivity (Wildman–Crippen MR) is 110 cm³/mol. The lowest BCUT2D eigenvalue weighted by Crippen LogP contribution is -2.14. The molecule has 4 rings (SSSR count). The van der Waals surface area contributed by atoms with Crippen LogP contribution >= 0.6 is 0 Å². The molecule has 0 radical (unpaired) electrons. The highest BCUT2D eigenvalue weighted by molar-refractivity contribution is 6.07. The number of nitrogens with zero attached hydrogens (tertiary/aromatic N) is 2. The van der Waals surface area contributed by atoms with Gasteiger partial charge in [0, 0.05) is 23.5 Å². The quantitative estimate of drug-likeness (QED) is 0.535. The number of pyridine rings is 2. The van der Waals surface area contributed by atoms with Crippen LogP contribution in [0.2, 0.25) is 0 Å². The van der Waals surface area contributed by atoms with Gasteiger partial charge in [0.25, 0.3) is 5.91 Å². The first-order valence-electron chi connectivity index (χ1n) is 8.76. The summed E-state index contributed by atoms with van der Waals surface area (Å²) in [4.78, 5) is 21.3. The van der Waals surface area contributed by atoms with Gasteiger partial charge < -0.3 is 15.4 Å². The molecule has 0 unspecified atom stereocenters. The first-order valence-corrected chi connectivity index (χ1v) is 8.76. The minimum Gasteiger partial charge on any atom is -0.495 e. The summed E-state index contributed by atoms with van der Waals surface area (Å²) in [6, 6.07) is 20.5. The molecule has 2 N–H and O–H groups in total. The number of carbonyl (C=O) groups is 1. The van der Waals surface area contributed by atoms with Crippen molar-refractivity contribution >= 4 is 33.9 Å². The zero-order chi connectivity index (χ0) is 19.3. The number of methoxy groups -OCH3 is 1. The van der Waals surface area contributed by atoms with Crippen LogP contribution in [-0.2, 0) is 0 Å². The van der Waals surface area contributed by atoms with E-state index in [2.05, 4.69) is 20.6 Å². The van der Waals surface area contributed by atoms with Crippen molar-refractivity contribution in [3.05, 3.63) is 84.8 Å². The molecule has 0 aliphatic carbocycles. The normalized spacial score (nSPS) is 10.5. The molecule has 4 aromatic rings. The van der Waals surface area contributed by atoms with Gasteiger partial charge in [0.1, 0.15) is 11.4 Å². The Bertz CT molecular complexity index is 1140. The van der Waals surface area contributed by atoms with Crippen LogP contribution in [0.3, 0.4) is 0 Å². The summed E-state index contributed by atoms with van der Waals surface area (Å²) in [5.74, 6) is 0.411. The number of nitrogens with one attached hydrogen (secondary N) is 2. The number of carbonyl (C=O) groups excluding carboxylic acids is 1. The van der Waals surface area contributed by atoms with Gasteiger partial charge in [-0.15, -0.1) is 0 Å². The summed E-state index contributed by atoms with van der Waals surface area (Å²) in [6.07, 6.45) is 3.29. The smallest absolute Gasteiger partial charge is 0.274 e. The third kappa shape index (κ3) is 3.61. The van der Waals surface area contributed by atoms with Crippen LogP contribution in [0.5, 0.6) is 5.75 Å². The number of para-hydroxylation sites is 3. The van der Waals surface area contributed by atoms with Crippen molar-refractivity contribution in [3.63, 3.8) is 0 Å². The van der Waals surface area contributed by atoms with Gasteiger partial charge in [-0.1, -0.05) is 30.3 Å². The highest BCUT2D eigenvalue weighted by Crippen LogP contribution is 2.27. The average Bonchev–Trinajstić information content (AvgIpc) is 2.74. The van der Waals surface area contributed by atoms with Crippen LogP contribution in [0.1, 0.15) is 10.5 Å². The number of anilines is 3. The summed E-state index contributed by atoms with van der Waals surface area (Å²) >= 11 is 0. The highest BCUT2D eigenvalue weighted by atomic mass is 16.5. The second kappa shape index (κ2) is 7.75. The molecule has 2 aromatic carbocycles. The zero-order valence-electron chi connectivity index (χ0n) is 15.2. The van der Waals surface area contributed by atoms with E-state index in [-0.39, 0.29) is 5.91 Å². The van der Waals surface area contributed by atoms with Crippen molar-refractivity contribution in [2.75, 3.05) is 17.7 Å². The molecule has 28 heavy (non-hydrogen) atoms. The lowest BCUT2D eigenvalue weighted by atomic mass is 10.2. The zero-order valence-corrected chi connectivity index (χ0v) is 15.2. The fraction of sp³-hybridized carbons (Fsp3) is 0.0455. The van der Waals surface area contributed by atoms with Gasteiger partial charge in [-0.2, -0.15) is 0 Å². The molecule has 1 amide bonds. The van der Waals surface area contributed by atoms with E-state index in [9.17, 15) is 4.79 Å². The van der Waals surface area contributed by atoms with Crippen LogP contribution in [0.4, 0.5) is 17.1 Å². The van der Waals surface area contributed by atoms with E-state index in [0.29, 0.717) is 17.1 Å². The van der Waals surface area contributed by atoms with Crippen LogP contribution in [0.15, 0.2) is 79.1 Å². The number of ether oxygens (including phenoxy) is 1. The molecule has 0 atom stereocenters. The molecule has 2 heterocycles. The summed E-state index contributed by atoms with van der Waals surface area (Å²) in [5, 5.41) is 7.11. The molecule has 2 aromatic heterocycles. The van der Waals surface area contributed by atoms with Crippen LogP contribution in [-0.4, -0.2) is 23.0 Å². The Balaban J connectivity index is 1.58. The van der Waals surface area contributed by atoms with Gasteiger partial charge in [0.15, 0.2) is 0 Å². The third-order valence-corrected chi connectivity index (χ3v) is 4.26. The highest BCUT2D eigenvalue weighted by Gasteiger charge is 2.11. The van der Waals surface area contributed by atoms with Gasteiger partial charge >= 0.3 is 0 Å². The van der Waals surface area contributed by atoms with Crippen molar-refractivity contribution < 1.29 is 9.53 Å². The lowest BCUT2D eigenvalue weighted by Gasteiger charge is -2.12. The first-order chi connectivity index (χ1) is 13.7. The minimum atomic E-state index is -0.304. The fourth-order valence-electron chi connectivity index (χ4n) is 2.93. The Morgan fingerprint density at radius 3 is 2.61 bits per heavy atom. The maximum absolute atomic E-state index is 12.7. The largest absolute Gasteiger partial charge is 0.495 e. The Morgan fingerprint density at radius 1 is 0.893 bits per heavy atom. The molecule has 0 saturated carbocycles. The standard InChI is InChI=1S/C22H18N4O2/c1-28-20-10-3-2-8-17(20)25-16-11-13-23-19(14-16)22(27)26-18-9-4-6-15-7-5-12-24-21(15)18/h2-14H,1H3,(H,23,25)(H,26,27). The van der Waals surface area contributed by atoms with Gasteiger partial charge in [-0.25, -0.2) is 0 Å². The van der Waals surface area contributed by atoms with E-state index in [1.165, 1.54) is 0 Å². The summed E-state index contributed by atoms with van der Waals surface area (Å²) in [5.41, 5.74) is 3.23. The first kappa shape index (κ1) is 17.5. The van der Waals surface area contributed by atoms with E-state index >= 15 is 0 Å². The molecule has 0 fully saturated rings. The van der Waals surface area contributed by atoms with Crippen LogP contribution in [0, 0.1) is 0 Å². The summed E-state index contributed by atoms with van der Waals surface area (Å²) in [7, 11) is 1.62. The minimum absolute atomic E-state index is 0.299. The number of aromatic nitrogens is 2. The van der Waals surface area contributed by atoms with Crippen molar-refractivity contribution in [2.24, 2.45) is 0 Å². The van der Waals surface area contributed by atoms with E-state index in [1.807, 2.05) is 54.6 Å². The van der Waals surface area contributed by atoms with E-state index in [0.717, 1.165) is 22.3 Å². The maximum Gasteiger partial charge on any atom is 0.274 e. The Morgan fingerprint density at radius 2 is 1.71 bits per heavy atom. The fourth-order valence-corrected chi connectivity index (χ4v) is 2.93. The number of benzene rings is 2. The van der Waals surface area contributed by atoms with E-state index < -0.39 is 0 Å². The number of hydrogen-bond acceptors (Lipinski definition) is 5. The average molecular weight is 370 g/mol. The van der Waals surface area contributed by atoms with Crippen molar-refractivity contribution in [1.82, 2.24) is 9.97 Å². The Kier molecular flexibility index (Phi) is 4.84. The SMILES string of the molecule is COc1ccccc1Nc1ccnc(C(=O)Nc2cccc3cccnc23)c1. The van der Waals surface area contributed by atoms with E-state index in [4.69, 9.17) is 4.74 Å². The molecule has 6 nitrogen and oxygen atoms in total. The Labute approximate surface area is 162 Å². The second-order valence-corrected chi connectivity index (χ2v) is 6.09. The maximum atomic E-state index is 12.7. The van der Waals surface area contributed by atoms with Gasteiger partial charge in [0.2, 0.25) is 0 Å². The van der Waals surface area contributed by atoms with E-state index in [1.54, 1.807) is 31.6 Å². The van der Waals surface area contributed by atoms with Crippen molar-refractivity contribution in [3.8, 4) is 5.75 Å². The summed E-state index contributed by atoms with van der Waals surface area (Å²) < 4.78 is 5.35.